The van der Waals surface area contributed by atoms with Gasteiger partial charge in [-0.05, 0) is 6.42 Å². The molecule has 0 bridgehead atoms. The molecule has 4 heteroatoms. The molecule has 0 unspecified atom stereocenters. The van der Waals surface area contributed by atoms with Crippen molar-refractivity contribution in [3.05, 3.63) is 12.3 Å². The normalized spacial score (nSPS) is 9.70. The predicted octanol–water partition coefficient (Wildman–Crippen LogP) is 0.421. The van der Waals surface area contributed by atoms with Gasteiger partial charge in [0.2, 0.25) is 5.96 Å². The molecule has 0 heterocycles. The van der Waals surface area contributed by atoms with Crippen LogP contribution in [0.25, 0.3) is 0 Å². The maximum atomic E-state index is 6.71. The molecule has 0 aromatic carbocycles. The Morgan fingerprint density at radius 3 is 2.90 bits per heavy atom. The molecule has 0 spiro atoms. The van der Waals surface area contributed by atoms with E-state index in [1.165, 1.54) is 6.34 Å². The van der Waals surface area contributed by atoms with E-state index in [0.717, 1.165) is 12.1 Å². The minimum Gasteiger partial charge on any atom is -0.368 e. The molecule has 0 fully saturated rings. The molecule has 0 saturated heterocycles. The lowest BCUT2D eigenvalue weighted by Gasteiger charge is -1.97. The summed E-state index contributed by atoms with van der Waals surface area (Å²) in [6.45, 7) is 5.63. The second kappa shape index (κ2) is 4.55. The van der Waals surface area contributed by atoms with E-state index in [1.807, 2.05) is 6.92 Å². The van der Waals surface area contributed by atoms with Crippen LogP contribution in [0.4, 0.5) is 0 Å². The third kappa shape index (κ3) is 4.83. The van der Waals surface area contributed by atoms with Crippen LogP contribution in [0.15, 0.2) is 17.3 Å². The Bertz CT molecular complexity index is 159. The molecule has 0 aromatic heterocycles. The lowest BCUT2D eigenvalue weighted by Crippen LogP contribution is -2.13. The van der Waals surface area contributed by atoms with Gasteiger partial charge in [0.1, 0.15) is 0 Å². The Morgan fingerprint density at radius 2 is 2.50 bits per heavy atom. The van der Waals surface area contributed by atoms with Crippen molar-refractivity contribution in [1.29, 1.82) is 5.41 Å². The fourth-order valence-electron chi connectivity index (χ4n) is 0.295. The fraction of sp³-hybridized carbons (Fsp3) is 0.333. The number of guanidine groups is 1. The van der Waals surface area contributed by atoms with Crippen molar-refractivity contribution < 1.29 is 0 Å². The number of nitrogens with zero attached hydrogens (tertiary/aromatic N) is 1. The summed E-state index contributed by atoms with van der Waals surface area (Å²) in [6.07, 6.45) is 2.19. The summed E-state index contributed by atoms with van der Waals surface area (Å²) in [5, 5.41) is 9.46. The van der Waals surface area contributed by atoms with E-state index in [0.29, 0.717) is 0 Å². The second-order valence-electron chi connectivity index (χ2n) is 1.74. The summed E-state index contributed by atoms with van der Waals surface area (Å²) in [5.74, 6) is -0.212. The van der Waals surface area contributed by atoms with Crippen molar-refractivity contribution in [2.45, 2.75) is 13.3 Å². The van der Waals surface area contributed by atoms with Gasteiger partial charge in [0.15, 0.2) is 0 Å². The molecule has 0 saturated carbocycles. The van der Waals surface area contributed by atoms with Gasteiger partial charge in [-0.25, -0.2) is 4.99 Å². The second-order valence-corrected chi connectivity index (χ2v) is 1.74. The maximum Gasteiger partial charge on any atom is 0.213 e. The van der Waals surface area contributed by atoms with Crippen LogP contribution in [-0.2, 0) is 0 Å². The first-order valence-electron chi connectivity index (χ1n) is 2.97. The third-order valence-electron chi connectivity index (χ3n) is 0.899. The largest absolute Gasteiger partial charge is 0.368 e. The molecular weight excluding hydrogens is 128 g/mol. The number of allylic oxidation sites excluding steroid dienone is 1. The van der Waals surface area contributed by atoms with Crippen LogP contribution in [0.1, 0.15) is 13.3 Å². The van der Waals surface area contributed by atoms with Gasteiger partial charge >= 0.3 is 0 Å². The van der Waals surface area contributed by atoms with Gasteiger partial charge in [-0.3, -0.25) is 5.41 Å². The van der Waals surface area contributed by atoms with E-state index in [9.17, 15) is 0 Å². The standard InChI is InChI=1S/C6H12N4/c1-3-5(2)9-4-10-6(7)8/h4H,2-3H2,1H3,(H4,7,8,9,10). The number of rotatable bonds is 3. The Labute approximate surface area is 60.3 Å². The van der Waals surface area contributed by atoms with Crippen LogP contribution in [0, 0.1) is 5.41 Å². The third-order valence-corrected chi connectivity index (χ3v) is 0.899. The van der Waals surface area contributed by atoms with Gasteiger partial charge in [-0.2, -0.15) is 0 Å². The van der Waals surface area contributed by atoms with Crippen LogP contribution < -0.4 is 11.1 Å². The Kier molecular flexibility index (Phi) is 3.95. The summed E-state index contributed by atoms with van der Waals surface area (Å²) < 4.78 is 0. The molecule has 0 aliphatic heterocycles. The number of hydrogen-bond donors (Lipinski definition) is 3. The smallest absolute Gasteiger partial charge is 0.213 e. The molecular formula is C6H12N4. The highest BCUT2D eigenvalue weighted by Gasteiger charge is 1.82. The van der Waals surface area contributed by atoms with Crippen molar-refractivity contribution in [2.75, 3.05) is 0 Å². The zero-order valence-electron chi connectivity index (χ0n) is 6.02. The molecule has 0 aromatic rings. The SMILES string of the molecule is C=C(CC)NC=NC(=N)N. The van der Waals surface area contributed by atoms with Gasteiger partial charge < -0.3 is 11.1 Å². The van der Waals surface area contributed by atoms with Gasteiger partial charge in [-0.15, -0.1) is 0 Å². The lowest BCUT2D eigenvalue weighted by molar-refractivity contribution is 1.000. The summed E-state index contributed by atoms with van der Waals surface area (Å²) in [5.41, 5.74) is 5.79. The monoisotopic (exact) mass is 140 g/mol. The highest BCUT2D eigenvalue weighted by Crippen LogP contribution is 1.86. The Balaban J connectivity index is 3.53. The fourth-order valence-corrected chi connectivity index (χ4v) is 0.295. The van der Waals surface area contributed by atoms with Crippen molar-refractivity contribution in [2.24, 2.45) is 10.7 Å². The zero-order chi connectivity index (χ0) is 7.98. The molecule has 0 atom stereocenters. The highest BCUT2D eigenvalue weighted by molar-refractivity contribution is 5.83. The molecule has 10 heavy (non-hydrogen) atoms. The van der Waals surface area contributed by atoms with Crippen LogP contribution >= 0.6 is 0 Å². The molecule has 0 aliphatic carbocycles. The van der Waals surface area contributed by atoms with Crippen LogP contribution in [0.3, 0.4) is 0 Å². The van der Waals surface area contributed by atoms with Crippen molar-refractivity contribution in [3.8, 4) is 0 Å². The van der Waals surface area contributed by atoms with Gasteiger partial charge in [0.05, 0.1) is 6.34 Å². The Morgan fingerprint density at radius 1 is 1.90 bits per heavy atom. The first-order chi connectivity index (χ1) is 4.66. The van der Waals surface area contributed by atoms with Crippen molar-refractivity contribution in [3.63, 3.8) is 0 Å². The Hall–Kier alpha value is -1.32. The zero-order valence-corrected chi connectivity index (χ0v) is 6.02. The van der Waals surface area contributed by atoms with E-state index >= 15 is 0 Å². The minimum absolute atomic E-state index is 0.212. The van der Waals surface area contributed by atoms with E-state index in [2.05, 4.69) is 16.9 Å². The topological polar surface area (TPSA) is 74.3 Å². The first-order valence-corrected chi connectivity index (χ1v) is 2.97. The molecule has 4 nitrogen and oxygen atoms in total. The number of nitrogens with one attached hydrogen (secondary N) is 2. The number of aliphatic imine (C=N–C) groups is 1. The van der Waals surface area contributed by atoms with E-state index in [4.69, 9.17) is 11.1 Å². The van der Waals surface area contributed by atoms with E-state index < -0.39 is 0 Å². The maximum absolute atomic E-state index is 6.71. The quantitative estimate of drug-likeness (QED) is 0.392. The van der Waals surface area contributed by atoms with Gasteiger partial charge in [0, 0.05) is 5.70 Å². The van der Waals surface area contributed by atoms with Crippen molar-refractivity contribution >= 4 is 12.3 Å². The number of hydrogen-bond acceptors (Lipinski definition) is 1. The molecule has 0 aliphatic rings. The van der Waals surface area contributed by atoms with E-state index in [-0.39, 0.29) is 5.96 Å². The van der Waals surface area contributed by atoms with Gasteiger partial charge in [0.25, 0.3) is 0 Å². The highest BCUT2D eigenvalue weighted by atomic mass is 15.0. The summed E-state index contributed by atoms with van der Waals surface area (Å²) in [4.78, 5) is 3.48. The molecule has 0 amide bonds. The number of nitrogens with two attached hydrogens (primary N) is 1. The molecule has 4 N–H and O–H groups in total. The lowest BCUT2D eigenvalue weighted by atomic mass is 10.4. The summed E-state index contributed by atoms with van der Waals surface area (Å²) in [6, 6.07) is 0. The summed E-state index contributed by atoms with van der Waals surface area (Å²) >= 11 is 0. The summed E-state index contributed by atoms with van der Waals surface area (Å²) in [7, 11) is 0. The van der Waals surface area contributed by atoms with Gasteiger partial charge in [-0.1, -0.05) is 13.5 Å². The van der Waals surface area contributed by atoms with Crippen LogP contribution in [-0.4, -0.2) is 12.3 Å². The molecule has 0 rings (SSSR count). The predicted molar refractivity (Wildman–Crippen MR) is 43.0 cm³/mol. The average Bonchev–Trinajstić information content (AvgIpc) is 1.87. The van der Waals surface area contributed by atoms with E-state index in [1.54, 1.807) is 0 Å². The first kappa shape index (κ1) is 8.68. The van der Waals surface area contributed by atoms with Crippen LogP contribution in [0.2, 0.25) is 0 Å². The molecule has 0 radical (unpaired) electrons. The minimum atomic E-state index is -0.212. The van der Waals surface area contributed by atoms with Crippen LogP contribution in [0.5, 0.6) is 0 Å². The molecule has 56 valence electrons. The van der Waals surface area contributed by atoms with Crippen molar-refractivity contribution in [1.82, 2.24) is 5.32 Å². The average molecular weight is 140 g/mol.